The van der Waals surface area contributed by atoms with Gasteiger partial charge in [0, 0.05) is 0 Å². The molecule has 0 bridgehead atoms. The zero-order valence-electron chi connectivity index (χ0n) is 16.6. The van der Waals surface area contributed by atoms with Crippen molar-refractivity contribution >= 4 is 17.9 Å². The summed E-state index contributed by atoms with van der Waals surface area (Å²) in [6.07, 6.45) is -5.52. The number of hydrogen-bond donors (Lipinski definition) is 2. The van der Waals surface area contributed by atoms with Crippen LogP contribution in [0, 0.1) is 34.0 Å². The summed E-state index contributed by atoms with van der Waals surface area (Å²) >= 11 is 0. The van der Waals surface area contributed by atoms with E-state index in [1.807, 2.05) is 20.8 Å². The van der Waals surface area contributed by atoms with Gasteiger partial charge in [0.15, 0.2) is 11.7 Å². The van der Waals surface area contributed by atoms with Crippen molar-refractivity contribution in [2.24, 2.45) is 34.0 Å². The molecule has 11 atom stereocenters. The van der Waals surface area contributed by atoms with Crippen LogP contribution in [0.3, 0.4) is 0 Å². The largest absolute Gasteiger partial charge is 0.459 e. The molecule has 0 aromatic rings. The van der Waals surface area contributed by atoms with Crippen LogP contribution in [0.1, 0.15) is 34.1 Å². The Morgan fingerprint density at radius 2 is 1.72 bits per heavy atom. The molecule has 2 spiro atoms. The minimum Gasteiger partial charge on any atom is -0.459 e. The molecule has 4 heterocycles. The standard InChI is InChI=1S/C20H24O9/c1-6-9-10(27-13(6)23)11(21)19-8-5-7(17(2,3)4)18(19)12(22)14(24)28-16(18)29-20(9,19)15(25)26-8/h6-12,16,21-22H,5H2,1-4H3/t6-,7-,8+,9-,10+,11-,12-,16-,18?,19?,20-/m0/s1. The van der Waals surface area contributed by atoms with Gasteiger partial charge in [-0.3, -0.25) is 4.79 Å². The summed E-state index contributed by atoms with van der Waals surface area (Å²) in [5.74, 6) is -3.87. The second-order valence-corrected chi connectivity index (χ2v) is 10.5. The highest BCUT2D eigenvalue weighted by molar-refractivity contribution is 5.92. The average Bonchev–Trinajstić information content (AvgIpc) is 3.34. The summed E-state index contributed by atoms with van der Waals surface area (Å²) in [5, 5.41) is 22.8. The average molecular weight is 408 g/mol. The van der Waals surface area contributed by atoms with Crippen molar-refractivity contribution in [1.82, 2.24) is 0 Å². The first-order valence-electron chi connectivity index (χ1n) is 10.1. The highest BCUT2D eigenvalue weighted by Gasteiger charge is 3.00. The van der Waals surface area contributed by atoms with Crippen LogP contribution in [0.2, 0.25) is 0 Å². The molecule has 4 saturated heterocycles. The van der Waals surface area contributed by atoms with Gasteiger partial charge >= 0.3 is 17.9 Å². The maximum absolute atomic E-state index is 13.3. The molecule has 158 valence electrons. The van der Waals surface area contributed by atoms with Gasteiger partial charge in [0.1, 0.15) is 18.3 Å². The summed E-state index contributed by atoms with van der Waals surface area (Å²) in [4.78, 5) is 38.1. The molecule has 6 rings (SSSR count). The number of rotatable bonds is 0. The molecule has 0 amide bonds. The lowest BCUT2D eigenvalue weighted by Crippen LogP contribution is -2.63. The minimum atomic E-state index is -1.71. The normalized spacial score (nSPS) is 59.2. The van der Waals surface area contributed by atoms with Gasteiger partial charge in [-0.2, -0.15) is 0 Å². The van der Waals surface area contributed by atoms with E-state index in [4.69, 9.17) is 18.9 Å². The third-order valence-corrected chi connectivity index (χ3v) is 8.81. The number of esters is 3. The second kappa shape index (κ2) is 4.63. The zero-order chi connectivity index (χ0) is 20.9. The molecule has 2 N–H and O–H groups in total. The van der Waals surface area contributed by atoms with Crippen LogP contribution in [0.5, 0.6) is 0 Å². The molecule has 2 unspecified atom stereocenters. The van der Waals surface area contributed by atoms with E-state index in [1.54, 1.807) is 6.92 Å². The van der Waals surface area contributed by atoms with Crippen molar-refractivity contribution < 1.29 is 43.5 Å². The number of carbonyl (C=O) groups excluding carboxylic acids is 3. The van der Waals surface area contributed by atoms with Crippen molar-refractivity contribution in [3.05, 3.63) is 0 Å². The summed E-state index contributed by atoms with van der Waals surface area (Å²) in [6, 6.07) is 0. The molecular formula is C20H24O9. The van der Waals surface area contributed by atoms with E-state index in [0.29, 0.717) is 6.42 Å². The molecule has 4 aliphatic heterocycles. The van der Waals surface area contributed by atoms with Gasteiger partial charge < -0.3 is 29.2 Å². The molecular weight excluding hydrogens is 384 g/mol. The Balaban J connectivity index is 1.69. The van der Waals surface area contributed by atoms with Crippen molar-refractivity contribution in [2.45, 2.75) is 70.4 Å². The predicted octanol–water partition coefficient (Wildman–Crippen LogP) is -0.484. The molecule has 0 radical (unpaired) electrons. The molecule has 0 aromatic heterocycles. The molecule has 2 aliphatic carbocycles. The third-order valence-electron chi connectivity index (χ3n) is 8.81. The lowest BCUT2D eigenvalue weighted by Gasteiger charge is -2.47. The Labute approximate surface area is 166 Å². The number of hydrogen-bond acceptors (Lipinski definition) is 9. The molecule has 6 aliphatic rings. The van der Waals surface area contributed by atoms with Crippen LogP contribution in [-0.2, 0) is 33.3 Å². The fourth-order valence-electron chi connectivity index (χ4n) is 8.13. The number of carbonyl (C=O) groups is 3. The highest BCUT2D eigenvalue weighted by Crippen LogP contribution is 2.83. The molecule has 2 saturated carbocycles. The summed E-state index contributed by atoms with van der Waals surface area (Å²) in [6.45, 7) is 7.56. The number of ether oxygens (including phenoxy) is 4. The number of fused-ring (bicyclic) bond motifs is 1. The maximum Gasteiger partial charge on any atom is 0.340 e. The van der Waals surface area contributed by atoms with Gasteiger partial charge in [0.05, 0.1) is 22.7 Å². The van der Waals surface area contributed by atoms with E-state index >= 15 is 0 Å². The Bertz CT molecular complexity index is 878. The first-order valence-corrected chi connectivity index (χ1v) is 10.1. The van der Waals surface area contributed by atoms with Crippen LogP contribution >= 0.6 is 0 Å². The van der Waals surface area contributed by atoms with E-state index in [1.165, 1.54) is 0 Å². The van der Waals surface area contributed by atoms with E-state index in [-0.39, 0.29) is 5.92 Å². The summed E-state index contributed by atoms with van der Waals surface area (Å²) in [5.41, 5.74) is -4.94. The quantitative estimate of drug-likeness (QED) is 0.403. The van der Waals surface area contributed by atoms with Crippen LogP contribution in [-0.4, -0.2) is 64.4 Å². The van der Waals surface area contributed by atoms with Crippen molar-refractivity contribution in [2.75, 3.05) is 0 Å². The Kier molecular flexibility index (Phi) is 2.89. The maximum atomic E-state index is 13.3. The van der Waals surface area contributed by atoms with Crippen LogP contribution in [0.15, 0.2) is 0 Å². The lowest BCUT2D eigenvalue weighted by molar-refractivity contribution is -0.207. The third kappa shape index (κ3) is 1.40. The van der Waals surface area contributed by atoms with E-state index in [0.717, 1.165) is 0 Å². The summed E-state index contributed by atoms with van der Waals surface area (Å²) in [7, 11) is 0. The SMILES string of the molecule is C[C@@H]1C(=O)O[C@@H]2[C@H]1[C@]13O[C@@H]4OC(=O)[C@H](O)C45[C@H](C(C)(C)C)C[C@@H](OC1=O)C53[C@H]2O. The second-order valence-electron chi connectivity index (χ2n) is 10.5. The molecule has 0 aromatic carbocycles. The van der Waals surface area contributed by atoms with E-state index < -0.39 is 82.3 Å². The highest BCUT2D eigenvalue weighted by atomic mass is 16.7. The lowest BCUT2D eigenvalue weighted by atomic mass is 9.51. The number of aliphatic hydroxyl groups is 2. The van der Waals surface area contributed by atoms with Gasteiger partial charge in [-0.15, -0.1) is 0 Å². The Morgan fingerprint density at radius 1 is 1.03 bits per heavy atom. The molecule has 9 nitrogen and oxygen atoms in total. The summed E-state index contributed by atoms with van der Waals surface area (Å²) < 4.78 is 23.0. The molecule has 29 heavy (non-hydrogen) atoms. The van der Waals surface area contributed by atoms with Crippen LogP contribution in [0.4, 0.5) is 0 Å². The molecule has 6 fully saturated rings. The number of aliphatic hydroxyl groups excluding tert-OH is 2. The Morgan fingerprint density at radius 3 is 2.38 bits per heavy atom. The fourth-order valence-corrected chi connectivity index (χ4v) is 8.13. The van der Waals surface area contributed by atoms with Crippen molar-refractivity contribution in [3.8, 4) is 0 Å². The zero-order valence-corrected chi connectivity index (χ0v) is 16.6. The van der Waals surface area contributed by atoms with E-state index in [9.17, 15) is 24.6 Å². The molecule has 9 heteroatoms. The van der Waals surface area contributed by atoms with Gasteiger partial charge in [0.2, 0.25) is 6.29 Å². The first-order chi connectivity index (χ1) is 13.5. The van der Waals surface area contributed by atoms with E-state index in [2.05, 4.69) is 0 Å². The van der Waals surface area contributed by atoms with Gasteiger partial charge in [-0.05, 0) is 17.8 Å². The minimum absolute atomic E-state index is 0.346. The van der Waals surface area contributed by atoms with Gasteiger partial charge in [-0.1, -0.05) is 27.7 Å². The van der Waals surface area contributed by atoms with Crippen molar-refractivity contribution in [1.29, 1.82) is 0 Å². The Hall–Kier alpha value is -1.71. The first kappa shape index (κ1) is 18.1. The van der Waals surface area contributed by atoms with Crippen LogP contribution in [0.25, 0.3) is 0 Å². The van der Waals surface area contributed by atoms with Gasteiger partial charge in [0.25, 0.3) is 0 Å². The fraction of sp³-hybridized carbons (Fsp3) is 0.850. The topological polar surface area (TPSA) is 129 Å². The van der Waals surface area contributed by atoms with Crippen LogP contribution < -0.4 is 0 Å². The van der Waals surface area contributed by atoms with Gasteiger partial charge in [-0.25, -0.2) is 9.59 Å². The smallest absolute Gasteiger partial charge is 0.340 e. The van der Waals surface area contributed by atoms with Crippen molar-refractivity contribution in [3.63, 3.8) is 0 Å². The monoisotopic (exact) mass is 408 g/mol. The predicted molar refractivity (Wildman–Crippen MR) is 90.6 cm³/mol.